The maximum atomic E-state index is 4.48. The van der Waals surface area contributed by atoms with Crippen LogP contribution in [0.2, 0.25) is 0 Å². The predicted octanol–water partition coefficient (Wildman–Crippen LogP) is 5.66. The summed E-state index contributed by atoms with van der Waals surface area (Å²) in [5.41, 5.74) is 3.51. The zero-order chi connectivity index (χ0) is 14.9. The van der Waals surface area contributed by atoms with E-state index in [9.17, 15) is 0 Å². The Balaban J connectivity index is 2.06. The standard InChI is InChI=1S/C19H13BrN2/c20-15-8-5-14(6-9-15)17-10-7-13-3-1-2-4-16(13)18(17)19-21-11-12-22-19/h1-12H,(H,21,22). The summed E-state index contributed by atoms with van der Waals surface area (Å²) in [6.45, 7) is 0. The smallest absolute Gasteiger partial charge is 0.138 e. The normalized spacial score (nSPS) is 11.0. The van der Waals surface area contributed by atoms with Crippen molar-refractivity contribution in [3.8, 4) is 22.5 Å². The van der Waals surface area contributed by atoms with Gasteiger partial charge in [0.2, 0.25) is 0 Å². The summed E-state index contributed by atoms with van der Waals surface area (Å²) in [5.74, 6) is 0.898. The lowest BCUT2D eigenvalue weighted by molar-refractivity contribution is 1.32. The Morgan fingerprint density at radius 1 is 0.864 bits per heavy atom. The van der Waals surface area contributed by atoms with Gasteiger partial charge in [-0.2, -0.15) is 0 Å². The highest BCUT2D eigenvalue weighted by molar-refractivity contribution is 9.10. The van der Waals surface area contributed by atoms with Crippen molar-refractivity contribution in [1.82, 2.24) is 9.97 Å². The molecule has 22 heavy (non-hydrogen) atoms. The molecular formula is C19H13BrN2. The average molecular weight is 349 g/mol. The second kappa shape index (κ2) is 5.43. The molecular weight excluding hydrogens is 336 g/mol. The Kier molecular flexibility index (Phi) is 3.28. The molecule has 0 saturated heterocycles. The number of benzene rings is 3. The highest BCUT2D eigenvalue weighted by Crippen LogP contribution is 2.36. The van der Waals surface area contributed by atoms with Gasteiger partial charge in [0.1, 0.15) is 5.82 Å². The summed E-state index contributed by atoms with van der Waals surface area (Å²) in [7, 11) is 0. The van der Waals surface area contributed by atoms with Crippen LogP contribution in [0.15, 0.2) is 77.5 Å². The quantitative estimate of drug-likeness (QED) is 0.497. The molecule has 4 aromatic rings. The topological polar surface area (TPSA) is 28.7 Å². The summed E-state index contributed by atoms with van der Waals surface area (Å²) in [6, 6.07) is 21.1. The Morgan fingerprint density at radius 2 is 1.68 bits per heavy atom. The molecule has 3 aromatic carbocycles. The van der Waals surface area contributed by atoms with E-state index in [1.54, 1.807) is 6.20 Å². The molecule has 0 fully saturated rings. The fraction of sp³-hybridized carbons (Fsp3) is 0. The first kappa shape index (κ1) is 13.3. The van der Waals surface area contributed by atoms with Gasteiger partial charge in [0.25, 0.3) is 0 Å². The van der Waals surface area contributed by atoms with Crippen molar-refractivity contribution >= 4 is 26.7 Å². The fourth-order valence-electron chi connectivity index (χ4n) is 2.80. The number of hydrogen-bond acceptors (Lipinski definition) is 1. The highest BCUT2D eigenvalue weighted by atomic mass is 79.9. The van der Waals surface area contributed by atoms with Crippen molar-refractivity contribution in [1.29, 1.82) is 0 Å². The second-order valence-electron chi connectivity index (χ2n) is 5.15. The first-order valence-corrected chi connectivity index (χ1v) is 7.90. The van der Waals surface area contributed by atoms with Crippen molar-refractivity contribution in [3.05, 3.63) is 77.5 Å². The second-order valence-corrected chi connectivity index (χ2v) is 6.07. The van der Waals surface area contributed by atoms with E-state index in [4.69, 9.17) is 0 Å². The summed E-state index contributed by atoms with van der Waals surface area (Å²) in [4.78, 5) is 7.72. The van der Waals surface area contributed by atoms with Crippen molar-refractivity contribution in [2.24, 2.45) is 0 Å². The minimum Gasteiger partial charge on any atom is -0.345 e. The van der Waals surface area contributed by atoms with E-state index >= 15 is 0 Å². The molecule has 0 bridgehead atoms. The Hall–Kier alpha value is -2.39. The van der Waals surface area contributed by atoms with Crippen LogP contribution >= 0.6 is 15.9 Å². The highest BCUT2D eigenvalue weighted by Gasteiger charge is 2.13. The van der Waals surface area contributed by atoms with Gasteiger partial charge in [-0.25, -0.2) is 4.98 Å². The van der Waals surface area contributed by atoms with Crippen molar-refractivity contribution < 1.29 is 0 Å². The van der Waals surface area contributed by atoms with Crippen LogP contribution < -0.4 is 0 Å². The molecule has 1 aromatic heterocycles. The number of rotatable bonds is 2. The van der Waals surface area contributed by atoms with E-state index in [0.717, 1.165) is 15.9 Å². The van der Waals surface area contributed by atoms with Gasteiger partial charge in [0, 0.05) is 22.4 Å². The van der Waals surface area contributed by atoms with E-state index in [1.807, 2.05) is 6.20 Å². The summed E-state index contributed by atoms with van der Waals surface area (Å²) < 4.78 is 1.08. The first-order chi connectivity index (χ1) is 10.8. The molecule has 0 unspecified atom stereocenters. The minimum atomic E-state index is 0.898. The molecule has 1 N–H and O–H groups in total. The number of H-pyrrole nitrogens is 1. The van der Waals surface area contributed by atoms with Gasteiger partial charge >= 0.3 is 0 Å². The summed E-state index contributed by atoms with van der Waals surface area (Å²) in [5, 5.41) is 2.42. The molecule has 3 heteroatoms. The van der Waals surface area contributed by atoms with Crippen molar-refractivity contribution in [2.45, 2.75) is 0 Å². The zero-order valence-electron chi connectivity index (χ0n) is 11.8. The van der Waals surface area contributed by atoms with E-state index in [0.29, 0.717) is 0 Å². The Morgan fingerprint density at radius 3 is 2.45 bits per heavy atom. The number of hydrogen-bond donors (Lipinski definition) is 1. The molecule has 2 nitrogen and oxygen atoms in total. The van der Waals surface area contributed by atoms with E-state index in [-0.39, 0.29) is 0 Å². The van der Waals surface area contributed by atoms with Crippen molar-refractivity contribution in [2.75, 3.05) is 0 Å². The molecule has 0 aliphatic carbocycles. The number of nitrogens with zero attached hydrogens (tertiary/aromatic N) is 1. The van der Waals surface area contributed by atoms with Gasteiger partial charge in [-0.05, 0) is 34.0 Å². The van der Waals surface area contributed by atoms with Crippen LogP contribution in [-0.4, -0.2) is 9.97 Å². The average Bonchev–Trinajstić information content (AvgIpc) is 3.09. The van der Waals surface area contributed by atoms with Gasteiger partial charge in [-0.1, -0.05) is 64.5 Å². The predicted molar refractivity (Wildman–Crippen MR) is 94.7 cm³/mol. The van der Waals surface area contributed by atoms with Gasteiger partial charge in [0.15, 0.2) is 0 Å². The SMILES string of the molecule is Brc1ccc(-c2ccc3ccccc3c2-c2ncc[nH]2)cc1. The lowest BCUT2D eigenvalue weighted by Gasteiger charge is -2.12. The van der Waals surface area contributed by atoms with E-state index in [1.165, 1.54) is 21.9 Å². The van der Waals surface area contributed by atoms with Crippen LogP contribution in [-0.2, 0) is 0 Å². The molecule has 0 atom stereocenters. The lowest BCUT2D eigenvalue weighted by atomic mass is 9.94. The number of imidazole rings is 1. The third-order valence-corrected chi connectivity index (χ3v) is 4.35. The maximum Gasteiger partial charge on any atom is 0.138 e. The number of aromatic nitrogens is 2. The van der Waals surface area contributed by atoms with Crippen LogP contribution in [0.3, 0.4) is 0 Å². The number of nitrogens with one attached hydrogen (secondary N) is 1. The zero-order valence-corrected chi connectivity index (χ0v) is 13.3. The van der Waals surface area contributed by atoms with Crippen molar-refractivity contribution in [3.63, 3.8) is 0 Å². The lowest BCUT2D eigenvalue weighted by Crippen LogP contribution is -1.89. The first-order valence-electron chi connectivity index (χ1n) is 7.10. The van der Waals surface area contributed by atoms with E-state index in [2.05, 4.69) is 86.6 Å². The molecule has 0 spiro atoms. The molecule has 0 aliphatic rings. The monoisotopic (exact) mass is 348 g/mol. The van der Waals surface area contributed by atoms with Crippen LogP contribution in [0.5, 0.6) is 0 Å². The van der Waals surface area contributed by atoms with Crippen LogP contribution in [0, 0.1) is 0 Å². The van der Waals surface area contributed by atoms with E-state index < -0.39 is 0 Å². The van der Waals surface area contributed by atoms with Gasteiger partial charge < -0.3 is 4.98 Å². The third kappa shape index (κ3) is 2.24. The fourth-order valence-corrected chi connectivity index (χ4v) is 3.06. The molecule has 0 aliphatic heterocycles. The maximum absolute atomic E-state index is 4.48. The summed E-state index contributed by atoms with van der Waals surface area (Å²) >= 11 is 3.50. The molecule has 4 rings (SSSR count). The Bertz CT molecular complexity index is 925. The number of aromatic amines is 1. The van der Waals surface area contributed by atoms with Gasteiger partial charge in [-0.15, -0.1) is 0 Å². The van der Waals surface area contributed by atoms with Crippen LogP contribution in [0.1, 0.15) is 0 Å². The molecule has 106 valence electrons. The molecule has 0 amide bonds. The molecule has 0 saturated carbocycles. The third-order valence-electron chi connectivity index (χ3n) is 3.82. The number of fused-ring (bicyclic) bond motifs is 1. The van der Waals surface area contributed by atoms with Crippen LogP contribution in [0.25, 0.3) is 33.3 Å². The van der Waals surface area contributed by atoms with Gasteiger partial charge in [-0.3, -0.25) is 0 Å². The number of halogens is 1. The summed E-state index contributed by atoms with van der Waals surface area (Å²) in [6.07, 6.45) is 3.66. The Labute approximate surface area is 137 Å². The molecule has 0 radical (unpaired) electrons. The van der Waals surface area contributed by atoms with Crippen LogP contribution in [0.4, 0.5) is 0 Å². The minimum absolute atomic E-state index is 0.898. The van der Waals surface area contributed by atoms with Gasteiger partial charge in [0.05, 0.1) is 0 Å². The largest absolute Gasteiger partial charge is 0.345 e. The molecule has 1 heterocycles.